The highest BCUT2D eigenvalue weighted by Crippen LogP contribution is 2.24. The van der Waals surface area contributed by atoms with Crippen LogP contribution in [0.15, 0.2) is 10.7 Å². The van der Waals surface area contributed by atoms with Gasteiger partial charge < -0.3 is 20.3 Å². The molecule has 0 aromatic carbocycles. The summed E-state index contributed by atoms with van der Waals surface area (Å²) in [5.41, 5.74) is 5.94. The van der Waals surface area contributed by atoms with Gasteiger partial charge in [-0.1, -0.05) is 13.8 Å². The number of nitrogens with zero attached hydrogens (tertiary/aromatic N) is 4. The lowest BCUT2D eigenvalue weighted by atomic mass is 10.0. The quantitative estimate of drug-likeness (QED) is 0.845. The lowest BCUT2D eigenvalue weighted by Gasteiger charge is -2.36. The van der Waals surface area contributed by atoms with Crippen molar-refractivity contribution in [2.45, 2.75) is 19.9 Å². The van der Waals surface area contributed by atoms with Crippen LogP contribution >= 0.6 is 15.9 Å². The van der Waals surface area contributed by atoms with E-state index in [4.69, 9.17) is 10.5 Å². The maximum atomic E-state index is 12.3. The predicted molar refractivity (Wildman–Crippen MR) is 87.9 cm³/mol. The smallest absolute Gasteiger partial charge is 0.239 e. The zero-order valence-corrected chi connectivity index (χ0v) is 14.7. The van der Waals surface area contributed by atoms with Crippen LogP contribution in [0.25, 0.3) is 0 Å². The van der Waals surface area contributed by atoms with Crippen LogP contribution in [0.4, 0.5) is 5.95 Å². The fourth-order valence-electron chi connectivity index (χ4n) is 2.26. The lowest BCUT2D eigenvalue weighted by molar-refractivity contribution is -0.133. The molecule has 1 aliphatic heterocycles. The third kappa shape index (κ3) is 3.67. The SMILES string of the molecule is COc1nc(N2CCN(C(=O)[C@@H](N)C(C)C)CC2)ncc1Br. The molecule has 1 atom stereocenters. The van der Waals surface area contributed by atoms with Gasteiger partial charge in [0.05, 0.1) is 23.8 Å². The summed E-state index contributed by atoms with van der Waals surface area (Å²) < 4.78 is 5.91. The first kappa shape index (κ1) is 17.0. The zero-order chi connectivity index (χ0) is 16.3. The first-order chi connectivity index (χ1) is 10.4. The van der Waals surface area contributed by atoms with Gasteiger partial charge in [0.25, 0.3) is 0 Å². The number of piperazine rings is 1. The van der Waals surface area contributed by atoms with Gasteiger partial charge in [0.2, 0.25) is 17.7 Å². The van der Waals surface area contributed by atoms with E-state index >= 15 is 0 Å². The number of hydrogen-bond donors (Lipinski definition) is 1. The average molecular weight is 372 g/mol. The Balaban J connectivity index is 1.99. The monoisotopic (exact) mass is 371 g/mol. The molecule has 2 N–H and O–H groups in total. The van der Waals surface area contributed by atoms with Gasteiger partial charge >= 0.3 is 0 Å². The fraction of sp³-hybridized carbons (Fsp3) is 0.643. The largest absolute Gasteiger partial charge is 0.480 e. The van der Waals surface area contributed by atoms with E-state index in [1.54, 1.807) is 13.3 Å². The van der Waals surface area contributed by atoms with Crippen LogP contribution in [0.1, 0.15) is 13.8 Å². The van der Waals surface area contributed by atoms with Crippen molar-refractivity contribution in [2.24, 2.45) is 11.7 Å². The van der Waals surface area contributed by atoms with E-state index in [-0.39, 0.29) is 11.8 Å². The number of anilines is 1. The Kier molecular flexibility index (Phi) is 5.57. The molecule has 0 radical (unpaired) electrons. The topological polar surface area (TPSA) is 84.6 Å². The number of aromatic nitrogens is 2. The van der Waals surface area contributed by atoms with Crippen LogP contribution in [0.2, 0.25) is 0 Å². The molecular weight excluding hydrogens is 350 g/mol. The Morgan fingerprint density at radius 1 is 1.36 bits per heavy atom. The third-order valence-corrected chi connectivity index (χ3v) is 4.31. The number of methoxy groups -OCH3 is 1. The number of nitrogens with two attached hydrogens (primary N) is 1. The molecule has 1 amide bonds. The van der Waals surface area contributed by atoms with Crippen molar-refractivity contribution < 1.29 is 9.53 Å². The fourth-order valence-corrected chi connectivity index (χ4v) is 2.61. The second kappa shape index (κ2) is 7.23. The summed E-state index contributed by atoms with van der Waals surface area (Å²) >= 11 is 3.34. The summed E-state index contributed by atoms with van der Waals surface area (Å²) in [5.74, 6) is 1.28. The number of carbonyl (C=O) groups excluding carboxylic acids is 1. The minimum atomic E-state index is -0.435. The standard InChI is InChI=1S/C14H22BrN5O2/c1-9(2)11(16)13(21)19-4-6-20(7-5-19)14-17-8-10(15)12(18-14)22-3/h8-9,11H,4-7,16H2,1-3H3/t11-/m0/s1. The molecule has 1 aliphatic rings. The third-order valence-electron chi connectivity index (χ3n) is 3.77. The minimum absolute atomic E-state index is 0.0176. The van der Waals surface area contributed by atoms with E-state index in [2.05, 4.69) is 25.9 Å². The summed E-state index contributed by atoms with van der Waals surface area (Å²) in [6, 6.07) is -0.435. The van der Waals surface area contributed by atoms with E-state index in [0.717, 1.165) is 4.47 Å². The van der Waals surface area contributed by atoms with Crippen LogP contribution in [0, 0.1) is 5.92 Å². The summed E-state index contributed by atoms with van der Waals surface area (Å²) in [5, 5.41) is 0. The highest BCUT2D eigenvalue weighted by Gasteiger charge is 2.27. The van der Waals surface area contributed by atoms with E-state index in [1.807, 2.05) is 23.6 Å². The van der Waals surface area contributed by atoms with Crippen LogP contribution in [0.5, 0.6) is 5.88 Å². The van der Waals surface area contributed by atoms with Crippen molar-refractivity contribution in [3.05, 3.63) is 10.7 Å². The summed E-state index contributed by atoms with van der Waals surface area (Å²) in [6.07, 6.45) is 1.67. The molecule has 1 aromatic rings. The first-order valence-electron chi connectivity index (χ1n) is 7.30. The van der Waals surface area contributed by atoms with Crippen LogP contribution in [0.3, 0.4) is 0 Å². The van der Waals surface area contributed by atoms with Gasteiger partial charge in [-0.05, 0) is 21.8 Å². The van der Waals surface area contributed by atoms with Crippen LogP contribution in [-0.4, -0.2) is 60.1 Å². The summed E-state index contributed by atoms with van der Waals surface area (Å²) in [6.45, 7) is 6.53. The van der Waals surface area contributed by atoms with Crippen molar-refractivity contribution in [3.8, 4) is 5.88 Å². The highest BCUT2D eigenvalue weighted by atomic mass is 79.9. The van der Waals surface area contributed by atoms with E-state index in [1.165, 1.54) is 0 Å². The normalized spacial score (nSPS) is 16.8. The van der Waals surface area contributed by atoms with E-state index < -0.39 is 6.04 Å². The maximum absolute atomic E-state index is 12.3. The molecule has 1 saturated heterocycles. The Morgan fingerprint density at radius 2 is 2.00 bits per heavy atom. The highest BCUT2D eigenvalue weighted by molar-refractivity contribution is 9.10. The van der Waals surface area contributed by atoms with Gasteiger partial charge in [0.1, 0.15) is 0 Å². The Labute approximate surface area is 139 Å². The molecule has 122 valence electrons. The van der Waals surface area contributed by atoms with Crippen molar-refractivity contribution in [1.82, 2.24) is 14.9 Å². The van der Waals surface area contributed by atoms with Crippen LogP contribution < -0.4 is 15.4 Å². The van der Waals surface area contributed by atoms with Crippen molar-refractivity contribution in [2.75, 3.05) is 38.2 Å². The zero-order valence-electron chi connectivity index (χ0n) is 13.1. The predicted octanol–water partition coefficient (Wildman–Crippen LogP) is 0.880. The van der Waals surface area contributed by atoms with Crippen molar-refractivity contribution >= 4 is 27.8 Å². The molecule has 0 bridgehead atoms. The van der Waals surface area contributed by atoms with Gasteiger partial charge in [0.15, 0.2) is 0 Å². The van der Waals surface area contributed by atoms with Gasteiger partial charge in [-0.15, -0.1) is 0 Å². The van der Waals surface area contributed by atoms with E-state index in [9.17, 15) is 4.79 Å². The summed E-state index contributed by atoms with van der Waals surface area (Å²) in [4.78, 5) is 24.8. The Bertz CT molecular complexity index is 532. The number of amides is 1. The van der Waals surface area contributed by atoms with Gasteiger partial charge in [0, 0.05) is 26.2 Å². The minimum Gasteiger partial charge on any atom is -0.480 e. The lowest BCUT2D eigenvalue weighted by Crippen LogP contribution is -2.54. The molecule has 7 nitrogen and oxygen atoms in total. The molecular formula is C14H22BrN5O2. The number of hydrogen-bond acceptors (Lipinski definition) is 6. The molecule has 22 heavy (non-hydrogen) atoms. The van der Waals surface area contributed by atoms with E-state index in [0.29, 0.717) is 38.0 Å². The molecule has 1 fully saturated rings. The van der Waals surface area contributed by atoms with Gasteiger partial charge in [-0.25, -0.2) is 4.98 Å². The maximum Gasteiger partial charge on any atom is 0.239 e. The molecule has 0 aliphatic carbocycles. The van der Waals surface area contributed by atoms with Gasteiger partial charge in [-0.2, -0.15) is 4.98 Å². The second-order valence-corrected chi connectivity index (χ2v) is 6.46. The van der Waals surface area contributed by atoms with Gasteiger partial charge in [-0.3, -0.25) is 4.79 Å². The Hall–Kier alpha value is -1.41. The molecule has 1 aromatic heterocycles. The van der Waals surface area contributed by atoms with Crippen molar-refractivity contribution in [1.29, 1.82) is 0 Å². The van der Waals surface area contributed by atoms with Crippen molar-refractivity contribution in [3.63, 3.8) is 0 Å². The number of rotatable bonds is 4. The Morgan fingerprint density at radius 3 is 2.55 bits per heavy atom. The molecule has 2 heterocycles. The summed E-state index contributed by atoms with van der Waals surface area (Å²) in [7, 11) is 1.57. The molecule has 0 saturated carbocycles. The second-order valence-electron chi connectivity index (χ2n) is 5.61. The number of carbonyl (C=O) groups is 1. The number of halogens is 1. The average Bonchev–Trinajstić information content (AvgIpc) is 2.54. The molecule has 2 rings (SSSR count). The number of ether oxygens (including phenoxy) is 1. The first-order valence-corrected chi connectivity index (χ1v) is 8.09. The van der Waals surface area contributed by atoms with Crippen LogP contribution in [-0.2, 0) is 4.79 Å². The molecule has 0 unspecified atom stereocenters. The molecule has 0 spiro atoms. The molecule has 8 heteroatoms.